The molecule has 1 saturated carbocycles. The lowest BCUT2D eigenvalue weighted by Gasteiger charge is -1.98. The smallest absolute Gasteiger partial charge is 0.136 e. The van der Waals surface area contributed by atoms with Gasteiger partial charge in [0.25, 0.3) is 0 Å². The van der Waals surface area contributed by atoms with Crippen molar-refractivity contribution < 1.29 is 4.79 Å². The fraction of sp³-hybridized carbons (Fsp3) is 0.545. The largest absolute Gasteiger partial charge is 0.299 e. The summed E-state index contributed by atoms with van der Waals surface area (Å²) in [5.74, 6) is 0.907. The number of carbonyl (C=O) groups excluding carboxylic acids is 1. The predicted octanol–water partition coefficient (Wildman–Crippen LogP) is 2.97. The molecule has 0 bridgehead atoms. The summed E-state index contributed by atoms with van der Waals surface area (Å²) in [7, 11) is 0. The van der Waals surface area contributed by atoms with E-state index in [0.29, 0.717) is 11.7 Å². The zero-order valence-electron chi connectivity index (χ0n) is 7.88. The molecule has 0 radical (unpaired) electrons. The molecule has 1 aromatic rings. The summed E-state index contributed by atoms with van der Waals surface area (Å²) in [6.45, 7) is 2.13. The number of thiophene rings is 1. The first-order valence-corrected chi connectivity index (χ1v) is 5.71. The maximum Gasteiger partial charge on any atom is 0.136 e. The van der Waals surface area contributed by atoms with E-state index in [2.05, 4.69) is 18.4 Å². The Morgan fingerprint density at radius 3 is 2.92 bits per heavy atom. The molecule has 13 heavy (non-hydrogen) atoms. The molecule has 0 aliphatic heterocycles. The van der Waals surface area contributed by atoms with E-state index in [-0.39, 0.29) is 0 Å². The van der Waals surface area contributed by atoms with Crippen molar-refractivity contribution in [2.75, 3.05) is 0 Å². The van der Waals surface area contributed by atoms with E-state index in [4.69, 9.17) is 0 Å². The number of rotatable bonds is 4. The van der Waals surface area contributed by atoms with Gasteiger partial charge in [-0.15, -0.1) is 11.3 Å². The minimum Gasteiger partial charge on any atom is -0.299 e. The Balaban J connectivity index is 1.85. The molecular weight excluding hydrogens is 180 g/mol. The molecule has 1 heterocycles. The SMILES string of the molecule is Cc1sccc1CCC(=O)C1CC1. The highest BCUT2D eigenvalue weighted by molar-refractivity contribution is 7.10. The van der Waals surface area contributed by atoms with Crippen molar-refractivity contribution in [1.82, 2.24) is 0 Å². The van der Waals surface area contributed by atoms with Crippen LogP contribution in [-0.4, -0.2) is 5.78 Å². The number of hydrogen-bond acceptors (Lipinski definition) is 2. The van der Waals surface area contributed by atoms with E-state index < -0.39 is 0 Å². The van der Waals surface area contributed by atoms with Gasteiger partial charge < -0.3 is 0 Å². The molecule has 1 nitrogen and oxygen atoms in total. The van der Waals surface area contributed by atoms with Crippen LogP contribution in [0.5, 0.6) is 0 Å². The first kappa shape index (κ1) is 8.95. The molecule has 1 aromatic heterocycles. The second-order valence-corrected chi connectivity index (χ2v) is 4.86. The maximum absolute atomic E-state index is 11.4. The highest BCUT2D eigenvalue weighted by Crippen LogP contribution is 2.31. The van der Waals surface area contributed by atoms with Crippen LogP contribution in [0.2, 0.25) is 0 Å². The zero-order valence-corrected chi connectivity index (χ0v) is 8.69. The third kappa shape index (κ3) is 2.19. The molecule has 0 atom stereocenters. The van der Waals surface area contributed by atoms with Crippen molar-refractivity contribution in [3.05, 3.63) is 21.9 Å². The summed E-state index contributed by atoms with van der Waals surface area (Å²) in [6.07, 6.45) is 3.98. The summed E-state index contributed by atoms with van der Waals surface area (Å²) in [5, 5.41) is 2.10. The summed E-state index contributed by atoms with van der Waals surface area (Å²) in [6, 6.07) is 2.14. The molecule has 0 unspecified atom stereocenters. The number of ketones is 1. The third-order valence-electron chi connectivity index (χ3n) is 2.64. The lowest BCUT2D eigenvalue weighted by molar-refractivity contribution is -0.120. The summed E-state index contributed by atoms with van der Waals surface area (Å²) in [5.41, 5.74) is 1.36. The number of aryl methyl sites for hydroxylation is 2. The summed E-state index contributed by atoms with van der Waals surface area (Å²) < 4.78 is 0. The highest BCUT2D eigenvalue weighted by Gasteiger charge is 2.28. The van der Waals surface area contributed by atoms with Gasteiger partial charge in [-0.1, -0.05) is 0 Å². The van der Waals surface area contributed by atoms with Gasteiger partial charge in [0, 0.05) is 17.2 Å². The van der Waals surface area contributed by atoms with Crippen molar-refractivity contribution in [3.63, 3.8) is 0 Å². The van der Waals surface area contributed by atoms with Gasteiger partial charge in [-0.2, -0.15) is 0 Å². The average Bonchev–Trinajstić information content (AvgIpc) is 2.88. The normalized spacial score (nSPS) is 16.1. The van der Waals surface area contributed by atoms with E-state index in [1.54, 1.807) is 11.3 Å². The number of carbonyl (C=O) groups is 1. The molecule has 1 aliphatic rings. The average molecular weight is 194 g/mol. The van der Waals surface area contributed by atoms with Crippen LogP contribution in [0.4, 0.5) is 0 Å². The van der Waals surface area contributed by atoms with Crippen LogP contribution in [0.25, 0.3) is 0 Å². The Labute approximate surface area is 82.8 Å². The first-order chi connectivity index (χ1) is 6.27. The number of Topliss-reactive ketones (excluding diaryl/α,β-unsaturated/α-hetero) is 1. The van der Waals surface area contributed by atoms with Gasteiger partial charge >= 0.3 is 0 Å². The minimum absolute atomic E-state index is 0.430. The third-order valence-corrected chi connectivity index (χ3v) is 3.53. The first-order valence-electron chi connectivity index (χ1n) is 4.83. The predicted molar refractivity (Wildman–Crippen MR) is 55.1 cm³/mol. The van der Waals surface area contributed by atoms with Crippen molar-refractivity contribution in [3.8, 4) is 0 Å². The Bertz CT molecular complexity index is 310. The quantitative estimate of drug-likeness (QED) is 0.720. The minimum atomic E-state index is 0.430. The molecule has 70 valence electrons. The van der Waals surface area contributed by atoms with Crippen LogP contribution in [0.15, 0.2) is 11.4 Å². The van der Waals surface area contributed by atoms with Crippen LogP contribution >= 0.6 is 11.3 Å². The second kappa shape index (κ2) is 3.62. The molecular formula is C11H14OS. The lowest BCUT2D eigenvalue weighted by atomic mass is 10.1. The molecule has 0 N–H and O–H groups in total. The van der Waals surface area contributed by atoms with E-state index in [1.165, 1.54) is 10.4 Å². The van der Waals surface area contributed by atoms with Crippen molar-refractivity contribution in [1.29, 1.82) is 0 Å². The van der Waals surface area contributed by atoms with Gasteiger partial charge in [0.15, 0.2) is 0 Å². The van der Waals surface area contributed by atoms with Crippen LogP contribution in [0.1, 0.15) is 29.7 Å². The van der Waals surface area contributed by atoms with Crippen molar-refractivity contribution in [2.45, 2.75) is 32.6 Å². The molecule has 0 saturated heterocycles. The van der Waals surface area contributed by atoms with Gasteiger partial charge in [0.05, 0.1) is 0 Å². The highest BCUT2D eigenvalue weighted by atomic mass is 32.1. The second-order valence-electron chi connectivity index (χ2n) is 3.74. The van der Waals surface area contributed by atoms with Crippen LogP contribution in [-0.2, 0) is 11.2 Å². The van der Waals surface area contributed by atoms with Crippen molar-refractivity contribution >= 4 is 17.1 Å². The van der Waals surface area contributed by atoms with Gasteiger partial charge in [-0.3, -0.25) is 4.79 Å². The van der Waals surface area contributed by atoms with Crippen molar-refractivity contribution in [2.24, 2.45) is 5.92 Å². The zero-order chi connectivity index (χ0) is 9.26. The summed E-state index contributed by atoms with van der Waals surface area (Å²) >= 11 is 1.77. The van der Waals surface area contributed by atoms with Gasteiger partial charge in [-0.05, 0) is 43.2 Å². The molecule has 0 amide bonds. The molecule has 1 aliphatic carbocycles. The lowest BCUT2D eigenvalue weighted by Crippen LogP contribution is -2.01. The van der Waals surface area contributed by atoms with E-state index in [0.717, 1.165) is 25.7 Å². The van der Waals surface area contributed by atoms with Gasteiger partial charge in [0.1, 0.15) is 5.78 Å². The molecule has 2 rings (SSSR count). The summed E-state index contributed by atoms with van der Waals surface area (Å²) in [4.78, 5) is 12.8. The Morgan fingerprint density at radius 2 is 2.38 bits per heavy atom. The van der Waals surface area contributed by atoms with Crippen LogP contribution < -0.4 is 0 Å². The topological polar surface area (TPSA) is 17.1 Å². The maximum atomic E-state index is 11.4. The Hall–Kier alpha value is -0.630. The Kier molecular flexibility index (Phi) is 2.49. The fourth-order valence-corrected chi connectivity index (χ4v) is 2.30. The standard InChI is InChI=1S/C11H14OS/c1-8-9(6-7-13-8)4-5-11(12)10-2-3-10/h6-7,10H,2-5H2,1H3. The molecule has 1 fully saturated rings. The molecule has 0 aromatic carbocycles. The van der Waals surface area contributed by atoms with Gasteiger partial charge in [0.2, 0.25) is 0 Å². The Morgan fingerprint density at radius 1 is 1.62 bits per heavy atom. The fourth-order valence-electron chi connectivity index (χ4n) is 1.54. The van der Waals surface area contributed by atoms with Gasteiger partial charge in [-0.25, -0.2) is 0 Å². The van der Waals surface area contributed by atoms with E-state index >= 15 is 0 Å². The van der Waals surface area contributed by atoms with E-state index in [9.17, 15) is 4.79 Å². The molecule has 0 spiro atoms. The van der Waals surface area contributed by atoms with Crippen LogP contribution in [0, 0.1) is 12.8 Å². The van der Waals surface area contributed by atoms with Crippen LogP contribution in [0.3, 0.4) is 0 Å². The van der Waals surface area contributed by atoms with E-state index in [1.807, 2.05) is 0 Å². The number of hydrogen-bond donors (Lipinski definition) is 0. The molecule has 2 heteroatoms. The monoisotopic (exact) mass is 194 g/mol.